The SMILES string of the molecule is COc1ccc(-c2ccc3n2S(F)(F)[N+]2=C(C)C(CCC(=O)NCCCCCC(=O)ON4C(=O)CCC4=O)=C(C)C2=C3)cc1. The molecule has 1 N–H and O–H groups in total. The van der Waals surface area contributed by atoms with E-state index in [1.165, 1.54) is 0 Å². The maximum absolute atomic E-state index is 16.2. The molecule has 3 amide bonds. The van der Waals surface area contributed by atoms with Crippen LogP contribution in [0.1, 0.15) is 70.9 Å². The number of imide groups is 1. The number of ether oxygens (including phenoxy) is 1. The predicted octanol–water partition coefficient (Wildman–Crippen LogP) is 5.64. The molecule has 0 bridgehead atoms. The number of fused-ring (bicyclic) bond motifs is 2. The highest BCUT2D eigenvalue weighted by Crippen LogP contribution is 2.62. The fraction of sp³-hybridized carbons (Fsp3) is 0.387. The zero-order chi connectivity index (χ0) is 31.6. The number of unbranched alkanes of at least 4 members (excludes halogenated alkanes) is 2. The minimum atomic E-state index is -4.46. The highest BCUT2D eigenvalue weighted by Gasteiger charge is 2.52. The van der Waals surface area contributed by atoms with Crippen LogP contribution in [-0.4, -0.2) is 56.1 Å². The van der Waals surface area contributed by atoms with Gasteiger partial charge in [-0.15, -0.1) is 5.06 Å². The first kappa shape index (κ1) is 31.2. The Hall–Kier alpha value is -4.26. The monoisotopic (exact) mass is 629 g/mol. The van der Waals surface area contributed by atoms with Gasteiger partial charge in [0.05, 0.1) is 18.5 Å². The molecular formula is C31H35F2N4O6S+. The summed E-state index contributed by atoms with van der Waals surface area (Å²) in [6.07, 6.45) is 4.14. The first-order chi connectivity index (χ1) is 21.0. The summed E-state index contributed by atoms with van der Waals surface area (Å²) in [6, 6.07) is 10.4. The Morgan fingerprint density at radius 2 is 1.68 bits per heavy atom. The number of carbonyl (C=O) groups is 4. The maximum Gasteiger partial charge on any atom is 0.388 e. The van der Waals surface area contributed by atoms with Crippen LogP contribution in [0.15, 0.2) is 53.2 Å². The lowest BCUT2D eigenvalue weighted by atomic mass is 10.0. The van der Waals surface area contributed by atoms with Crippen LogP contribution in [0.2, 0.25) is 0 Å². The molecule has 0 unspecified atom stereocenters. The summed E-state index contributed by atoms with van der Waals surface area (Å²) >= 11 is -4.46. The number of hydrogen-bond donors (Lipinski definition) is 1. The fourth-order valence-electron chi connectivity index (χ4n) is 5.62. The molecule has 4 heterocycles. The van der Waals surface area contributed by atoms with E-state index in [4.69, 9.17) is 9.57 Å². The lowest BCUT2D eigenvalue weighted by Gasteiger charge is -2.26. The number of nitrogens with zero attached hydrogens (tertiary/aromatic N) is 3. The molecular weight excluding hydrogens is 594 g/mol. The van der Waals surface area contributed by atoms with Gasteiger partial charge in [-0.25, -0.2) is 8.77 Å². The topological polar surface area (TPSA) is 110 Å². The molecule has 234 valence electrons. The van der Waals surface area contributed by atoms with Crippen molar-refractivity contribution in [3.63, 3.8) is 0 Å². The molecule has 1 fully saturated rings. The Bertz CT molecular complexity index is 1590. The van der Waals surface area contributed by atoms with Gasteiger partial charge in [-0.3, -0.25) is 14.4 Å². The predicted molar refractivity (Wildman–Crippen MR) is 161 cm³/mol. The number of aromatic nitrogens is 1. The van der Waals surface area contributed by atoms with Crippen molar-refractivity contribution in [3.05, 3.63) is 58.9 Å². The van der Waals surface area contributed by atoms with Crippen molar-refractivity contribution < 1.29 is 40.5 Å². The highest BCUT2D eigenvalue weighted by molar-refractivity contribution is 8.19. The molecule has 44 heavy (non-hydrogen) atoms. The van der Waals surface area contributed by atoms with Gasteiger partial charge < -0.3 is 14.9 Å². The van der Waals surface area contributed by atoms with Crippen molar-refractivity contribution in [2.75, 3.05) is 13.7 Å². The number of carbonyl (C=O) groups excluding carboxylic acids is 4. The first-order valence-electron chi connectivity index (χ1n) is 14.5. The molecule has 5 rings (SSSR count). The molecule has 10 nitrogen and oxygen atoms in total. The molecule has 1 aromatic carbocycles. The number of methoxy groups -OCH3 is 1. The van der Waals surface area contributed by atoms with E-state index >= 15 is 7.77 Å². The molecule has 0 aliphatic carbocycles. The van der Waals surface area contributed by atoms with Crippen LogP contribution >= 0.6 is 11.2 Å². The molecule has 0 radical (unpaired) electrons. The van der Waals surface area contributed by atoms with Crippen LogP contribution in [0.3, 0.4) is 0 Å². The minimum Gasteiger partial charge on any atom is -0.497 e. The molecule has 3 aliphatic rings. The molecule has 3 aliphatic heterocycles. The van der Waals surface area contributed by atoms with Crippen molar-refractivity contribution in [1.82, 2.24) is 14.4 Å². The second-order valence-corrected chi connectivity index (χ2v) is 12.4. The number of nitrogens with one attached hydrogen (secondary N) is 1. The van der Waals surface area contributed by atoms with Crippen LogP contribution in [0, 0.1) is 0 Å². The standard InChI is InChI=1S/C31H34F2N4O6S/c1-20-25(13-15-28(38)34-18-6-4-5-7-31(41)43-35-29(39)16-17-30(35)40)21(2)36-27(20)19-23-10-14-26(37(23)44(36,32)33)22-8-11-24(42-3)12-9-22/h8-12,14,19H,4-7,13,15-18H2,1-3H3/p+1. The first-order valence-corrected chi connectivity index (χ1v) is 15.9. The second kappa shape index (κ2) is 12.8. The van der Waals surface area contributed by atoms with Crippen molar-refractivity contribution in [3.8, 4) is 17.0 Å². The molecule has 0 atom stereocenters. The fourth-order valence-corrected chi connectivity index (χ4v) is 7.42. The van der Waals surface area contributed by atoms with Crippen LogP contribution in [0.5, 0.6) is 5.75 Å². The van der Waals surface area contributed by atoms with Gasteiger partial charge in [0.1, 0.15) is 5.75 Å². The normalized spacial score (nSPS) is 17.8. The van der Waals surface area contributed by atoms with Crippen molar-refractivity contribution >= 4 is 46.7 Å². The van der Waals surface area contributed by atoms with E-state index in [2.05, 4.69) is 5.32 Å². The third-order valence-electron chi connectivity index (χ3n) is 7.95. The lowest BCUT2D eigenvalue weighted by molar-refractivity contribution is -0.303. The van der Waals surface area contributed by atoms with E-state index in [0.29, 0.717) is 71.4 Å². The number of rotatable bonds is 12. The molecule has 1 aromatic heterocycles. The Kier molecular flexibility index (Phi) is 9.05. The van der Waals surface area contributed by atoms with Crippen LogP contribution in [-0.2, 0) is 24.0 Å². The summed E-state index contributed by atoms with van der Waals surface area (Å²) in [7, 11) is 1.55. The van der Waals surface area contributed by atoms with Gasteiger partial charge in [0.15, 0.2) is 0 Å². The summed E-state index contributed by atoms with van der Waals surface area (Å²) < 4.78 is 40.0. The zero-order valence-corrected chi connectivity index (χ0v) is 25.7. The quantitative estimate of drug-likeness (QED) is 0.185. The van der Waals surface area contributed by atoms with Gasteiger partial charge in [-0.05, 0) is 68.1 Å². The Morgan fingerprint density at radius 3 is 2.36 bits per heavy atom. The van der Waals surface area contributed by atoms with Gasteiger partial charge in [-0.1, -0.05) is 18.2 Å². The van der Waals surface area contributed by atoms with Gasteiger partial charge in [0, 0.05) is 56.4 Å². The number of allylic oxidation sites excluding steroid dienone is 2. The van der Waals surface area contributed by atoms with E-state index < -0.39 is 29.0 Å². The van der Waals surface area contributed by atoms with Crippen LogP contribution in [0.25, 0.3) is 17.3 Å². The molecule has 0 spiro atoms. The number of hydroxylamine groups is 2. The van der Waals surface area contributed by atoms with Crippen molar-refractivity contribution in [2.24, 2.45) is 0 Å². The van der Waals surface area contributed by atoms with E-state index in [9.17, 15) is 19.2 Å². The average Bonchev–Trinajstić information content (AvgIpc) is 3.64. The largest absolute Gasteiger partial charge is 0.497 e. The number of amides is 3. The van der Waals surface area contributed by atoms with Crippen molar-refractivity contribution in [2.45, 2.75) is 65.2 Å². The van der Waals surface area contributed by atoms with Gasteiger partial charge in [-0.2, -0.15) is 0 Å². The van der Waals surface area contributed by atoms with E-state index in [-0.39, 0.29) is 31.6 Å². The minimum absolute atomic E-state index is 0.0462. The summed E-state index contributed by atoms with van der Waals surface area (Å²) in [5, 5.41) is 3.38. The summed E-state index contributed by atoms with van der Waals surface area (Å²) in [5.41, 5.74) is 3.90. The number of hydrogen-bond acceptors (Lipinski definition) is 6. The average molecular weight is 630 g/mol. The zero-order valence-electron chi connectivity index (χ0n) is 24.9. The van der Waals surface area contributed by atoms with Crippen molar-refractivity contribution in [1.29, 1.82) is 0 Å². The molecule has 1 saturated heterocycles. The maximum atomic E-state index is 16.2. The number of benzene rings is 1. The lowest BCUT2D eigenvalue weighted by Crippen LogP contribution is -2.31. The highest BCUT2D eigenvalue weighted by atomic mass is 32.3. The number of halogens is 2. The Balaban J connectivity index is 1.13. The second-order valence-electron chi connectivity index (χ2n) is 10.8. The summed E-state index contributed by atoms with van der Waals surface area (Å²) in [4.78, 5) is 52.3. The van der Waals surface area contributed by atoms with Gasteiger partial charge in [0.25, 0.3) is 11.8 Å². The Morgan fingerprint density at radius 1 is 0.977 bits per heavy atom. The Labute approximate surface area is 256 Å². The van der Waals surface area contributed by atoms with E-state index in [1.54, 1.807) is 56.5 Å². The third kappa shape index (κ3) is 6.05. The van der Waals surface area contributed by atoms with Crippen LogP contribution in [0.4, 0.5) is 7.77 Å². The summed E-state index contributed by atoms with van der Waals surface area (Å²) in [6.45, 7) is 3.91. The van der Waals surface area contributed by atoms with E-state index in [1.807, 2.05) is 6.92 Å². The third-order valence-corrected chi connectivity index (χ3v) is 9.71. The molecule has 2 aromatic rings. The smallest absolute Gasteiger partial charge is 0.388 e. The van der Waals surface area contributed by atoms with E-state index in [0.717, 1.165) is 19.1 Å². The van der Waals surface area contributed by atoms with Gasteiger partial charge >= 0.3 is 17.1 Å². The molecule has 13 heteroatoms. The molecule has 0 saturated carbocycles. The van der Waals surface area contributed by atoms with Crippen LogP contribution < -0.4 is 10.1 Å². The van der Waals surface area contributed by atoms with Gasteiger partial charge in [0.2, 0.25) is 17.3 Å². The summed E-state index contributed by atoms with van der Waals surface area (Å²) in [5.74, 6) is -1.22.